The number of hydrogen-bond donors (Lipinski definition) is 3. The van der Waals surface area contributed by atoms with Gasteiger partial charge in [-0.3, -0.25) is 9.59 Å². The van der Waals surface area contributed by atoms with Gasteiger partial charge in [-0.05, 0) is 82.7 Å². The van der Waals surface area contributed by atoms with Gasteiger partial charge in [-0.25, -0.2) is 0 Å². The molecule has 3 rings (SSSR count). The van der Waals surface area contributed by atoms with Crippen molar-refractivity contribution in [3.05, 3.63) is 62.1 Å². The first kappa shape index (κ1) is 23.6. The Bertz CT molecular complexity index is 1090. The molecule has 0 spiro atoms. The third kappa shape index (κ3) is 5.05. The first-order chi connectivity index (χ1) is 15.2. The maximum absolute atomic E-state index is 13.2. The van der Waals surface area contributed by atoms with Crippen LogP contribution in [0.2, 0.25) is 0 Å². The second-order valence-corrected chi connectivity index (χ2v) is 8.79. The maximum Gasteiger partial charge on any atom is 0.253 e. The van der Waals surface area contributed by atoms with Crippen LogP contribution >= 0.6 is 0 Å². The standard InChI is InChI=1S/C26H34N4O2/c1-6-19-13-22(25(31)28-15-23-16(3)12-17(4)29-26(23)32)18(5)24(14-19)30(7-2)21-10-8-20(27)9-11-21/h1,12-14,20-21H,7-11,15,27H2,2-5H3,(H,28,31)(H,29,32)/t20-,21-. The molecule has 0 unspecified atom stereocenters. The molecule has 0 aliphatic heterocycles. The monoisotopic (exact) mass is 434 g/mol. The second-order valence-electron chi connectivity index (χ2n) is 8.79. The van der Waals surface area contributed by atoms with E-state index < -0.39 is 0 Å². The summed E-state index contributed by atoms with van der Waals surface area (Å²) in [6.07, 6.45) is 9.81. The predicted octanol–water partition coefficient (Wildman–Crippen LogP) is 3.31. The fourth-order valence-electron chi connectivity index (χ4n) is 4.72. The Labute approximate surface area is 190 Å². The minimum absolute atomic E-state index is 0.160. The van der Waals surface area contributed by atoms with Crippen molar-refractivity contribution in [3.8, 4) is 12.3 Å². The van der Waals surface area contributed by atoms with Crippen LogP contribution in [0.25, 0.3) is 0 Å². The molecule has 1 saturated carbocycles. The predicted molar refractivity (Wildman–Crippen MR) is 130 cm³/mol. The van der Waals surface area contributed by atoms with Gasteiger partial charge in [0.2, 0.25) is 0 Å². The van der Waals surface area contributed by atoms with Gasteiger partial charge in [-0.2, -0.15) is 0 Å². The van der Waals surface area contributed by atoms with Gasteiger partial charge >= 0.3 is 0 Å². The topological polar surface area (TPSA) is 91.2 Å². The molecule has 0 atom stereocenters. The molecule has 32 heavy (non-hydrogen) atoms. The summed E-state index contributed by atoms with van der Waals surface area (Å²) in [7, 11) is 0. The van der Waals surface area contributed by atoms with Crippen molar-refractivity contribution in [2.75, 3.05) is 11.4 Å². The number of carbonyl (C=O) groups excluding carboxylic acids is 1. The van der Waals surface area contributed by atoms with Crippen molar-refractivity contribution >= 4 is 11.6 Å². The summed E-state index contributed by atoms with van der Waals surface area (Å²) in [4.78, 5) is 30.6. The summed E-state index contributed by atoms with van der Waals surface area (Å²) < 4.78 is 0. The van der Waals surface area contributed by atoms with Crippen LogP contribution in [0.4, 0.5) is 5.69 Å². The Balaban J connectivity index is 1.89. The smallest absolute Gasteiger partial charge is 0.253 e. The quantitative estimate of drug-likeness (QED) is 0.609. The molecule has 0 bridgehead atoms. The number of H-pyrrole nitrogens is 1. The average molecular weight is 435 g/mol. The number of amides is 1. The Morgan fingerprint density at radius 2 is 1.91 bits per heavy atom. The normalized spacial score (nSPS) is 18.1. The van der Waals surface area contributed by atoms with Gasteiger partial charge in [0.1, 0.15) is 0 Å². The first-order valence-electron chi connectivity index (χ1n) is 11.4. The number of rotatable bonds is 6. The fourth-order valence-corrected chi connectivity index (χ4v) is 4.72. The highest BCUT2D eigenvalue weighted by atomic mass is 16.1. The number of terminal acetylenes is 1. The van der Waals surface area contributed by atoms with Crippen molar-refractivity contribution in [2.24, 2.45) is 5.73 Å². The molecule has 0 radical (unpaired) electrons. The van der Waals surface area contributed by atoms with Gasteiger partial charge < -0.3 is 20.9 Å². The molecule has 4 N–H and O–H groups in total. The SMILES string of the molecule is C#Cc1cc(C(=O)NCc2c(C)cc(C)[nH]c2=O)c(C)c(N(CC)[C@H]2CC[C@H](N)CC2)c1. The third-order valence-electron chi connectivity index (χ3n) is 6.54. The van der Waals surface area contributed by atoms with Crippen LogP contribution in [0.15, 0.2) is 23.0 Å². The number of anilines is 1. The van der Waals surface area contributed by atoms with Gasteiger partial charge in [-0.15, -0.1) is 6.42 Å². The number of aryl methyl sites for hydroxylation is 2. The van der Waals surface area contributed by atoms with E-state index in [9.17, 15) is 9.59 Å². The van der Waals surface area contributed by atoms with Crippen LogP contribution in [-0.2, 0) is 6.54 Å². The highest BCUT2D eigenvalue weighted by Gasteiger charge is 2.26. The molecule has 1 aliphatic carbocycles. The lowest BCUT2D eigenvalue weighted by Crippen LogP contribution is -2.41. The Morgan fingerprint density at radius 1 is 1.22 bits per heavy atom. The number of nitrogens with two attached hydrogens (primary N) is 1. The summed E-state index contributed by atoms with van der Waals surface area (Å²) in [5.41, 5.74) is 11.3. The highest BCUT2D eigenvalue weighted by molar-refractivity contribution is 5.97. The molecule has 0 saturated heterocycles. The summed E-state index contributed by atoms with van der Waals surface area (Å²) >= 11 is 0. The average Bonchev–Trinajstić information content (AvgIpc) is 2.75. The van der Waals surface area contributed by atoms with Crippen molar-refractivity contribution in [2.45, 2.75) is 72.0 Å². The Hall–Kier alpha value is -3.04. The molecule has 6 heteroatoms. The van der Waals surface area contributed by atoms with E-state index in [0.717, 1.165) is 54.7 Å². The van der Waals surface area contributed by atoms with Crippen LogP contribution < -0.4 is 21.5 Å². The molecular weight excluding hydrogens is 400 g/mol. The van der Waals surface area contributed by atoms with Gasteiger partial charge in [0.25, 0.3) is 11.5 Å². The summed E-state index contributed by atoms with van der Waals surface area (Å²) in [5, 5.41) is 2.92. The third-order valence-corrected chi connectivity index (χ3v) is 6.54. The number of benzene rings is 1. The van der Waals surface area contributed by atoms with Crippen LogP contribution in [0.5, 0.6) is 0 Å². The van der Waals surface area contributed by atoms with Gasteiger partial charge in [-0.1, -0.05) is 5.92 Å². The van der Waals surface area contributed by atoms with Crippen molar-refractivity contribution in [3.63, 3.8) is 0 Å². The van der Waals surface area contributed by atoms with E-state index in [2.05, 4.69) is 28.0 Å². The zero-order valence-electron chi connectivity index (χ0n) is 19.5. The van der Waals surface area contributed by atoms with Crippen LogP contribution in [-0.4, -0.2) is 29.5 Å². The molecule has 2 aromatic rings. The molecule has 1 fully saturated rings. The van der Waals surface area contributed by atoms with E-state index in [1.165, 1.54) is 0 Å². The second kappa shape index (κ2) is 10.1. The van der Waals surface area contributed by atoms with Gasteiger partial charge in [0.05, 0.1) is 0 Å². The van der Waals surface area contributed by atoms with E-state index in [-0.39, 0.29) is 24.1 Å². The summed E-state index contributed by atoms with van der Waals surface area (Å²) in [6.45, 7) is 8.79. The Morgan fingerprint density at radius 3 is 2.50 bits per heavy atom. The number of carbonyl (C=O) groups is 1. The zero-order valence-corrected chi connectivity index (χ0v) is 19.5. The van der Waals surface area contributed by atoms with Gasteiger partial charge in [0, 0.05) is 53.2 Å². The Kier molecular flexibility index (Phi) is 7.42. The van der Waals surface area contributed by atoms with E-state index >= 15 is 0 Å². The van der Waals surface area contributed by atoms with Gasteiger partial charge in [0.15, 0.2) is 0 Å². The highest BCUT2D eigenvalue weighted by Crippen LogP contribution is 2.31. The molecule has 6 nitrogen and oxygen atoms in total. The lowest BCUT2D eigenvalue weighted by Gasteiger charge is -2.38. The van der Waals surface area contributed by atoms with E-state index in [0.29, 0.717) is 22.7 Å². The lowest BCUT2D eigenvalue weighted by atomic mass is 9.89. The minimum atomic E-state index is -0.234. The minimum Gasteiger partial charge on any atom is -0.369 e. The summed E-state index contributed by atoms with van der Waals surface area (Å²) in [5.74, 6) is 2.46. The van der Waals surface area contributed by atoms with E-state index in [1.807, 2.05) is 32.9 Å². The summed E-state index contributed by atoms with van der Waals surface area (Å²) in [6, 6.07) is 6.32. The number of nitrogens with one attached hydrogen (secondary N) is 2. The fraction of sp³-hybridized carbons (Fsp3) is 0.462. The number of pyridine rings is 1. The molecule has 170 valence electrons. The largest absolute Gasteiger partial charge is 0.369 e. The zero-order chi connectivity index (χ0) is 23.4. The number of aromatic nitrogens is 1. The first-order valence-corrected chi connectivity index (χ1v) is 11.4. The van der Waals surface area contributed by atoms with Crippen molar-refractivity contribution in [1.29, 1.82) is 0 Å². The van der Waals surface area contributed by atoms with Crippen LogP contribution in [0.3, 0.4) is 0 Å². The number of aromatic amines is 1. The number of nitrogens with zero attached hydrogens (tertiary/aromatic N) is 1. The molecule has 1 amide bonds. The van der Waals surface area contributed by atoms with E-state index in [1.54, 1.807) is 6.07 Å². The van der Waals surface area contributed by atoms with Crippen LogP contribution in [0.1, 0.15) is 70.9 Å². The molecule has 1 aromatic carbocycles. The van der Waals surface area contributed by atoms with Crippen molar-refractivity contribution < 1.29 is 4.79 Å². The van der Waals surface area contributed by atoms with Crippen molar-refractivity contribution in [1.82, 2.24) is 10.3 Å². The lowest BCUT2D eigenvalue weighted by molar-refractivity contribution is 0.0950. The molecule has 1 aliphatic rings. The maximum atomic E-state index is 13.2. The molecule has 1 aromatic heterocycles. The van der Waals surface area contributed by atoms with Crippen LogP contribution in [0, 0.1) is 33.1 Å². The molecular formula is C26H34N4O2. The van der Waals surface area contributed by atoms with E-state index in [4.69, 9.17) is 12.2 Å². The molecule has 1 heterocycles. The number of hydrogen-bond acceptors (Lipinski definition) is 4.